The number of ether oxygens (including phenoxy) is 1. The number of hydrogen-bond donors (Lipinski definition) is 0. The third-order valence-electron chi connectivity index (χ3n) is 0.887. The molecule has 7 heteroatoms. The summed E-state index contributed by atoms with van der Waals surface area (Å²) in [5, 5.41) is 0. The first-order valence-corrected chi connectivity index (χ1v) is 2.69. The van der Waals surface area contributed by atoms with Crippen molar-refractivity contribution in [1.82, 2.24) is 0 Å². The molecule has 0 rings (SSSR count). The predicted molar refractivity (Wildman–Crippen MR) is 35.3 cm³/mol. The van der Waals surface area contributed by atoms with Gasteiger partial charge in [-0.2, -0.15) is 9.58 Å². The lowest BCUT2D eigenvalue weighted by atomic mass is 10.3. The van der Waals surface area contributed by atoms with Crippen molar-refractivity contribution in [3.8, 4) is 0 Å². The molecule has 0 bridgehead atoms. The first kappa shape index (κ1) is 9.90. The Hall–Kier alpha value is -2.10. The number of methoxy groups -OCH3 is 1. The van der Waals surface area contributed by atoms with Gasteiger partial charge < -0.3 is 15.8 Å². The smallest absolute Gasteiger partial charge is 0.453 e. The highest BCUT2D eigenvalue weighted by molar-refractivity contribution is 6.73. The number of hydrogen-bond acceptors (Lipinski definition) is 3. The Kier molecular flexibility index (Phi) is 3.86. The van der Waals surface area contributed by atoms with Crippen molar-refractivity contribution in [2.75, 3.05) is 7.11 Å². The summed E-state index contributed by atoms with van der Waals surface area (Å²) in [7, 11) is 1.01. The van der Waals surface area contributed by atoms with E-state index in [0.29, 0.717) is 6.21 Å². The van der Waals surface area contributed by atoms with Crippen LogP contribution in [0.2, 0.25) is 0 Å². The maximum atomic E-state index is 10.7. The molecule has 0 aliphatic heterocycles. The molecular weight excluding hydrogens is 164 g/mol. The molecule has 0 aliphatic carbocycles. The molecule has 0 aromatic heterocycles. The van der Waals surface area contributed by atoms with E-state index in [-0.39, 0.29) is 0 Å². The van der Waals surface area contributed by atoms with Gasteiger partial charge in [0.05, 0.1) is 7.11 Å². The highest BCUT2D eigenvalue weighted by Gasteiger charge is 2.31. The van der Waals surface area contributed by atoms with E-state index in [0.717, 1.165) is 7.11 Å². The molecule has 0 heterocycles. The van der Waals surface area contributed by atoms with E-state index in [1.165, 1.54) is 0 Å². The molecule has 0 aliphatic rings. The molecule has 0 N–H and O–H groups in total. The van der Waals surface area contributed by atoms with Crippen LogP contribution < -0.4 is 0 Å². The fraction of sp³-hybridized carbons (Fsp3) is 0.200. The first-order chi connectivity index (χ1) is 5.67. The lowest BCUT2D eigenvalue weighted by molar-refractivity contribution is -0.139. The number of rotatable bonds is 3. The third kappa shape index (κ3) is 2.26. The Morgan fingerprint density at radius 1 is 1.42 bits per heavy atom. The summed E-state index contributed by atoms with van der Waals surface area (Å²) in [4.78, 5) is 26.0. The van der Waals surface area contributed by atoms with E-state index in [1.807, 2.05) is 0 Å². The summed E-state index contributed by atoms with van der Waals surface area (Å²) >= 11 is 0. The van der Waals surface area contributed by atoms with Gasteiger partial charge in [-0.3, -0.25) is 4.79 Å². The minimum absolute atomic E-state index is 0.409. The second-order valence-electron chi connectivity index (χ2n) is 1.55. The molecule has 0 saturated heterocycles. The van der Waals surface area contributed by atoms with Gasteiger partial charge in [-0.05, 0) is 0 Å². The van der Waals surface area contributed by atoms with Crippen molar-refractivity contribution in [3.63, 3.8) is 0 Å². The minimum Gasteiger partial charge on any atom is -0.460 e. The van der Waals surface area contributed by atoms with Gasteiger partial charge in [0, 0.05) is 0 Å². The van der Waals surface area contributed by atoms with E-state index in [9.17, 15) is 9.59 Å². The van der Waals surface area contributed by atoms with Crippen LogP contribution in [0.15, 0.2) is 0 Å². The highest BCUT2D eigenvalue weighted by Crippen LogP contribution is 1.78. The summed E-state index contributed by atoms with van der Waals surface area (Å²) in [6.45, 7) is 0. The van der Waals surface area contributed by atoms with Gasteiger partial charge in [0.25, 0.3) is 0 Å². The molecule has 0 aromatic rings. The van der Waals surface area contributed by atoms with Crippen molar-refractivity contribution in [1.29, 1.82) is 0 Å². The Balaban J connectivity index is 4.83. The van der Waals surface area contributed by atoms with Crippen molar-refractivity contribution < 1.29 is 23.9 Å². The Labute approximate surface area is 66.8 Å². The number of esters is 1. The average Bonchev–Trinajstić information content (AvgIpc) is 2.06. The van der Waals surface area contributed by atoms with Gasteiger partial charge >= 0.3 is 23.7 Å². The summed E-state index contributed by atoms with van der Waals surface area (Å²) < 4.78 is 4.08. The van der Waals surface area contributed by atoms with Crippen molar-refractivity contribution in [2.45, 2.75) is 0 Å². The van der Waals surface area contributed by atoms with E-state index in [4.69, 9.17) is 11.1 Å². The van der Waals surface area contributed by atoms with Crippen molar-refractivity contribution >= 4 is 23.7 Å². The maximum Gasteiger partial charge on any atom is 0.453 e. The molecule has 62 valence electrons. The maximum absolute atomic E-state index is 10.7. The molecule has 0 atom stereocenters. The molecular formula is C5H4N4O3. The van der Waals surface area contributed by atoms with E-state index >= 15 is 0 Å². The van der Waals surface area contributed by atoms with Crippen LogP contribution in [0.4, 0.5) is 0 Å². The molecule has 0 spiro atoms. The number of nitrogens with zero attached hydrogens (tertiary/aromatic N) is 4. The molecule has 0 radical (unpaired) electrons. The summed E-state index contributed by atoms with van der Waals surface area (Å²) in [6, 6.07) is 0. The van der Waals surface area contributed by atoms with Crippen LogP contribution in [0.3, 0.4) is 0 Å². The monoisotopic (exact) mass is 168 g/mol. The number of carbonyl (C=O) groups excluding carboxylic acids is 2. The van der Waals surface area contributed by atoms with Gasteiger partial charge in [-0.1, -0.05) is 0 Å². The number of carbonyl (C=O) groups is 2. The van der Waals surface area contributed by atoms with Crippen LogP contribution in [-0.4, -0.2) is 40.4 Å². The predicted octanol–water partition coefficient (Wildman–Crippen LogP) is -1.30. The summed E-state index contributed by atoms with van der Waals surface area (Å²) in [5.41, 5.74) is 15.2. The minimum atomic E-state index is -1.11. The van der Waals surface area contributed by atoms with Crippen LogP contribution in [0.5, 0.6) is 0 Å². The van der Waals surface area contributed by atoms with Gasteiger partial charge in [0.2, 0.25) is 0 Å². The zero-order valence-corrected chi connectivity index (χ0v) is 6.09. The lowest BCUT2D eigenvalue weighted by Gasteiger charge is -1.85. The standard InChI is InChI=1S/C5H4N4O3/c1-12-5(11)4(9-7)3(10)2-8-6/h2H,1H3. The third-order valence-corrected chi connectivity index (χ3v) is 0.887. The number of Topliss-reactive ketones (excluding diaryl/α,β-unsaturated/α-hetero) is 1. The van der Waals surface area contributed by atoms with Crippen molar-refractivity contribution in [2.24, 2.45) is 0 Å². The first-order valence-electron chi connectivity index (χ1n) is 2.69. The number of ketones is 1. The van der Waals surface area contributed by atoms with E-state index < -0.39 is 17.5 Å². The fourth-order valence-electron chi connectivity index (χ4n) is 0.401. The van der Waals surface area contributed by atoms with E-state index in [2.05, 4.69) is 14.3 Å². The van der Waals surface area contributed by atoms with Gasteiger partial charge in [-0.15, -0.1) is 0 Å². The van der Waals surface area contributed by atoms with Gasteiger partial charge in [0.15, 0.2) is 0 Å². The Morgan fingerprint density at radius 3 is 2.33 bits per heavy atom. The molecule has 0 fully saturated rings. The molecule has 0 aromatic carbocycles. The summed E-state index contributed by atoms with van der Waals surface area (Å²) in [5.74, 6) is -2.16. The van der Waals surface area contributed by atoms with Crippen LogP contribution >= 0.6 is 0 Å². The quantitative estimate of drug-likeness (QED) is 0.171. The Morgan fingerprint density at radius 2 is 2.00 bits per heavy atom. The largest absolute Gasteiger partial charge is 0.460 e. The molecule has 0 saturated carbocycles. The molecule has 0 unspecified atom stereocenters. The van der Waals surface area contributed by atoms with Crippen LogP contribution in [-0.2, 0) is 14.3 Å². The van der Waals surface area contributed by atoms with Crippen LogP contribution in [0, 0.1) is 0 Å². The van der Waals surface area contributed by atoms with E-state index in [1.54, 1.807) is 0 Å². The molecule has 0 amide bonds. The van der Waals surface area contributed by atoms with Gasteiger partial charge in [-0.25, -0.2) is 4.79 Å². The normalized spacial score (nSPS) is 7.42. The second kappa shape index (κ2) is 4.68. The average molecular weight is 168 g/mol. The van der Waals surface area contributed by atoms with Crippen molar-refractivity contribution in [3.05, 3.63) is 11.1 Å². The summed E-state index contributed by atoms with van der Waals surface area (Å²) in [6.07, 6.45) is 0.409. The topological polar surface area (TPSA) is 116 Å². The molecule has 12 heavy (non-hydrogen) atoms. The highest BCUT2D eigenvalue weighted by atomic mass is 16.5. The zero-order valence-electron chi connectivity index (χ0n) is 6.09. The molecule has 7 nitrogen and oxygen atoms in total. The van der Waals surface area contributed by atoms with Crippen LogP contribution in [0.1, 0.15) is 0 Å². The Bertz CT molecular complexity index is 309. The second-order valence-corrected chi connectivity index (χ2v) is 1.55. The zero-order chi connectivity index (χ0) is 9.56. The lowest BCUT2D eigenvalue weighted by Crippen LogP contribution is -2.27. The fourth-order valence-corrected chi connectivity index (χ4v) is 0.401. The van der Waals surface area contributed by atoms with Gasteiger partial charge in [0.1, 0.15) is 0 Å². The SMILES string of the molecule is COC(=O)C(=[N+]=[N-])C(=O)C=[N+]=[N-]. The van der Waals surface area contributed by atoms with Crippen LogP contribution in [0.25, 0.3) is 11.1 Å².